The third-order valence-electron chi connectivity index (χ3n) is 3.74. The highest BCUT2D eigenvalue weighted by atomic mass is 16.4. The first-order valence-corrected chi connectivity index (χ1v) is 7.97. The average molecular weight is 280 g/mol. The van der Waals surface area contributed by atoms with Crippen molar-refractivity contribution in [3.8, 4) is 5.75 Å². The highest BCUT2D eigenvalue weighted by Crippen LogP contribution is 2.16. The molecule has 0 aliphatic carbocycles. The van der Waals surface area contributed by atoms with Crippen molar-refractivity contribution in [2.75, 3.05) is 0 Å². The summed E-state index contributed by atoms with van der Waals surface area (Å²) >= 11 is 0. The Morgan fingerprint density at radius 1 is 1.00 bits per heavy atom. The van der Waals surface area contributed by atoms with Crippen molar-refractivity contribution in [1.82, 2.24) is 0 Å². The second kappa shape index (κ2) is 9.62. The maximum absolute atomic E-state index is 11.4. The van der Waals surface area contributed by atoms with Gasteiger partial charge in [0, 0.05) is 12.5 Å². The largest absolute Gasteiger partial charge is 0.507 e. The van der Waals surface area contributed by atoms with Gasteiger partial charge in [-0.15, -0.1) is 0 Å². The van der Waals surface area contributed by atoms with Crippen molar-refractivity contribution < 1.29 is 9.52 Å². The van der Waals surface area contributed by atoms with E-state index in [2.05, 4.69) is 6.92 Å². The Morgan fingerprint density at radius 3 is 2.10 bits per heavy atom. The van der Waals surface area contributed by atoms with Gasteiger partial charge in [0.1, 0.15) is 11.5 Å². The molecule has 1 heterocycles. The van der Waals surface area contributed by atoms with Crippen molar-refractivity contribution in [1.29, 1.82) is 0 Å². The Hall–Kier alpha value is -1.25. The first-order chi connectivity index (χ1) is 9.65. The predicted octanol–water partition coefficient (Wildman–Crippen LogP) is 4.73. The maximum atomic E-state index is 11.4. The fourth-order valence-electron chi connectivity index (χ4n) is 2.32. The van der Waals surface area contributed by atoms with E-state index in [9.17, 15) is 9.90 Å². The van der Waals surface area contributed by atoms with E-state index in [4.69, 9.17) is 4.42 Å². The molecule has 1 rings (SSSR count). The van der Waals surface area contributed by atoms with Crippen LogP contribution in [0.5, 0.6) is 5.75 Å². The lowest BCUT2D eigenvalue weighted by Gasteiger charge is -2.03. The van der Waals surface area contributed by atoms with Crippen molar-refractivity contribution in [3.63, 3.8) is 0 Å². The van der Waals surface area contributed by atoms with Gasteiger partial charge in [0.15, 0.2) is 0 Å². The molecular formula is C17H28O3. The van der Waals surface area contributed by atoms with Crippen LogP contribution in [0.2, 0.25) is 0 Å². The lowest BCUT2D eigenvalue weighted by Crippen LogP contribution is -2.05. The van der Waals surface area contributed by atoms with Gasteiger partial charge in [-0.3, -0.25) is 0 Å². The highest BCUT2D eigenvalue weighted by Gasteiger charge is 2.06. The molecule has 0 spiro atoms. The van der Waals surface area contributed by atoms with Crippen LogP contribution in [0.4, 0.5) is 0 Å². The van der Waals surface area contributed by atoms with Gasteiger partial charge in [0.05, 0.1) is 5.56 Å². The van der Waals surface area contributed by atoms with E-state index < -0.39 is 5.63 Å². The summed E-state index contributed by atoms with van der Waals surface area (Å²) in [5.74, 6) is 0.646. The summed E-state index contributed by atoms with van der Waals surface area (Å²) in [4.78, 5) is 11.4. The predicted molar refractivity (Wildman–Crippen MR) is 82.3 cm³/mol. The summed E-state index contributed by atoms with van der Waals surface area (Å²) in [5.41, 5.74) is -0.128. The molecule has 0 aliphatic rings. The van der Waals surface area contributed by atoms with Gasteiger partial charge in [-0.1, -0.05) is 58.3 Å². The molecule has 0 aromatic carbocycles. The van der Waals surface area contributed by atoms with E-state index in [0.717, 1.165) is 19.3 Å². The number of aromatic hydroxyl groups is 1. The molecule has 0 aliphatic heterocycles. The molecule has 3 nitrogen and oxygen atoms in total. The molecule has 0 unspecified atom stereocenters. The second-order valence-corrected chi connectivity index (χ2v) is 5.59. The van der Waals surface area contributed by atoms with Gasteiger partial charge in [-0.05, 0) is 13.3 Å². The van der Waals surface area contributed by atoms with Crippen LogP contribution in [0.1, 0.15) is 76.0 Å². The van der Waals surface area contributed by atoms with Crippen LogP contribution in [-0.4, -0.2) is 5.11 Å². The normalized spacial score (nSPS) is 10.9. The topological polar surface area (TPSA) is 50.4 Å². The number of hydrogen-bond acceptors (Lipinski definition) is 3. The van der Waals surface area contributed by atoms with E-state index in [1.54, 1.807) is 13.0 Å². The van der Waals surface area contributed by atoms with Gasteiger partial charge < -0.3 is 9.52 Å². The minimum absolute atomic E-state index is 0.0483. The smallest absolute Gasteiger partial charge is 0.342 e. The number of hydrogen-bond donors (Lipinski definition) is 1. The summed E-state index contributed by atoms with van der Waals surface area (Å²) < 4.78 is 5.15. The van der Waals surface area contributed by atoms with Crippen LogP contribution in [0, 0.1) is 6.92 Å². The van der Waals surface area contributed by atoms with E-state index >= 15 is 0 Å². The Balaban J connectivity index is 2.11. The summed E-state index contributed by atoms with van der Waals surface area (Å²) in [6.07, 6.45) is 12.2. The summed E-state index contributed by atoms with van der Waals surface area (Å²) in [7, 11) is 0. The SMILES string of the molecule is CCCCCCCCCCCc1cc(O)c(C)c(=O)o1. The minimum atomic E-state index is -0.420. The van der Waals surface area contributed by atoms with Crippen LogP contribution < -0.4 is 5.63 Å². The third-order valence-corrected chi connectivity index (χ3v) is 3.74. The molecular weight excluding hydrogens is 252 g/mol. The molecule has 0 bridgehead atoms. The van der Waals surface area contributed by atoms with Gasteiger partial charge in [-0.25, -0.2) is 4.79 Å². The van der Waals surface area contributed by atoms with Crippen molar-refractivity contribution in [2.45, 2.75) is 78.1 Å². The summed E-state index contributed by atoms with van der Waals surface area (Å²) in [6, 6.07) is 1.57. The van der Waals surface area contributed by atoms with Gasteiger partial charge in [0.2, 0.25) is 0 Å². The fraction of sp³-hybridized carbons (Fsp3) is 0.706. The van der Waals surface area contributed by atoms with Crippen molar-refractivity contribution in [3.05, 3.63) is 27.8 Å². The summed E-state index contributed by atoms with van der Waals surface area (Å²) in [6.45, 7) is 3.81. The average Bonchev–Trinajstić information content (AvgIpc) is 2.43. The molecule has 0 saturated heterocycles. The molecule has 0 radical (unpaired) electrons. The quantitative estimate of drug-likeness (QED) is 0.630. The Bertz CT molecular complexity index is 434. The zero-order valence-electron chi connectivity index (χ0n) is 12.9. The van der Waals surface area contributed by atoms with E-state index in [-0.39, 0.29) is 5.75 Å². The molecule has 0 saturated carbocycles. The van der Waals surface area contributed by atoms with Gasteiger partial charge >= 0.3 is 5.63 Å². The Kier molecular flexibility index (Phi) is 8.08. The fourth-order valence-corrected chi connectivity index (χ4v) is 2.32. The van der Waals surface area contributed by atoms with E-state index in [1.165, 1.54) is 44.9 Å². The van der Waals surface area contributed by atoms with Gasteiger partial charge in [0.25, 0.3) is 0 Å². The van der Waals surface area contributed by atoms with Crippen molar-refractivity contribution >= 4 is 0 Å². The lowest BCUT2D eigenvalue weighted by molar-refractivity contribution is 0.411. The van der Waals surface area contributed by atoms with Crippen LogP contribution >= 0.6 is 0 Å². The first-order valence-electron chi connectivity index (χ1n) is 7.97. The van der Waals surface area contributed by atoms with Crippen molar-refractivity contribution in [2.24, 2.45) is 0 Å². The number of aryl methyl sites for hydroxylation is 1. The Morgan fingerprint density at radius 2 is 1.55 bits per heavy atom. The molecule has 1 aromatic heterocycles. The minimum Gasteiger partial charge on any atom is -0.507 e. The van der Waals surface area contributed by atoms with Crippen LogP contribution in [0.15, 0.2) is 15.3 Å². The van der Waals surface area contributed by atoms with E-state index in [0.29, 0.717) is 11.3 Å². The van der Waals surface area contributed by atoms with Gasteiger partial charge in [-0.2, -0.15) is 0 Å². The molecule has 0 atom stereocenters. The molecule has 1 aromatic rings. The monoisotopic (exact) mass is 280 g/mol. The van der Waals surface area contributed by atoms with Crippen LogP contribution in [-0.2, 0) is 6.42 Å². The standard InChI is InChI=1S/C17H28O3/c1-3-4-5-6-7-8-9-10-11-12-15-13-16(18)14(2)17(19)20-15/h13,18H,3-12H2,1-2H3. The molecule has 0 fully saturated rings. The maximum Gasteiger partial charge on any atom is 0.342 e. The Labute approximate surface area is 122 Å². The molecule has 0 amide bonds. The molecule has 20 heavy (non-hydrogen) atoms. The lowest BCUT2D eigenvalue weighted by atomic mass is 10.1. The highest BCUT2D eigenvalue weighted by molar-refractivity contribution is 5.28. The number of rotatable bonds is 10. The van der Waals surface area contributed by atoms with Crippen LogP contribution in [0.3, 0.4) is 0 Å². The zero-order valence-corrected chi connectivity index (χ0v) is 12.9. The zero-order chi connectivity index (χ0) is 14.8. The summed E-state index contributed by atoms with van der Waals surface area (Å²) in [5, 5.41) is 9.56. The molecule has 1 N–H and O–H groups in total. The second-order valence-electron chi connectivity index (χ2n) is 5.59. The molecule has 3 heteroatoms. The first kappa shape index (κ1) is 16.8. The molecule has 114 valence electrons. The van der Waals surface area contributed by atoms with E-state index in [1.807, 2.05) is 0 Å². The number of unbranched alkanes of at least 4 members (excludes halogenated alkanes) is 8. The van der Waals surface area contributed by atoms with Crippen LogP contribution in [0.25, 0.3) is 0 Å². The third kappa shape index (κ3) is 6.27.